The summed E-state index contributed by atoms with van der Waals surface area (Å²) in [5.74, 6) is -2.18. The number of unbranched alkanes of at least 4 members (excludes halogenated alkanes) is 2. The van der Waals surface area contributed by atoms with Gasteiger partial charge in [-0.15, -0.1) is 0 Å². The second-order valence-corrected chi connectivity index (χ2v) is 8.67. The van der Waals surface area contributed by atoms with E-state index in [1.165, 1.54) is 0 Å². The first-order valence-corrected chi connectivity index (χ1v) is 10.9. The average Bonchev–Trinajstić information content (AvgIpc) is 2.97. The molecule has 0 unspecified atom stereocenters. The van der Waals surface area contributed by atoms with Gasteiger partial charge in [0.05, 0.1) is 24.5 Å². The minimum atomic E-state index is -0.704. The molecule has 164 valence electrons. The molecule has 0 spiro atoms. The Hall–Kier alpha value is -1.89. The molecular weight excluding hydrogens is 370 g/mol. The standard InChI is InChI=1S/C22H37N3O4/c1-6-7-8-11-24-21(28)19-15-10-9-14(4)17(20(27)23-5)18(15)22(29)25(19)16(12-26)13(2)3/h9-10,13-19,26H,6-8,11-12H2,1-5H3,(H,23,27)(H,24,28)/t14-,15+,16+,17-,18+,19+/m1/s1. The lowest BCUT2D eigenvalue weighted by molar-refractivity contribution is -0.144. The van der Waals surface area contributed by atoms with Gasteiger partial charge in [-0.05, 0) is 18.3 Å². The Morgan fingerprint density at radius 2 is 1.90 bits per heavy atom. The van der Waals surface area contributed by atoms with Crippen molar-refractivity contribution in [3.8, 4) is 0 Å². The number of hydrogen-bond acceptors (Lipinski definition) is 4. The van der Waals surface area contributed by atoms with Crippen molar-refractivity contribution in [2.45, 2.75) is 59.0 Å². The molecule has 0 aromatic rings. The Bertz CT molecular complexity index is 634. The van der Waals surface area contributed by atoms with E-state index in [0.29, 0.717) is 6.54 Å². The van der Waals surface area contributed by atoms with E-state index >= 15 is 0 Å². The van der Waals surface area contributed by atoms with Crippen LogP contribution >= 0.6 is 0 Å². The highest BCUT2D eigenvalue weighted by molar-refractivity contribution is 5.97. The summed E-state index contributed by atoms with van der Waals surface area (Å²) in [6.45, 7) is 8.24. The van der Waals surface area contributed by atoms with Crippen LogP contribution in [0.5, 0.6) is 0 Å². The quantitative estimate of drug-likeness (QED) is 0.397. The van der Waals surface area contributed by atoms with Crippen molar-refractivity contribution in [1.82, 2.24) is 15.5 Å². The third-order valence-electron chi connectivity index (χ3n) is 6.42. The van der Waals surface area contributed by atoms with Crippen LogP contribution in [0.2, 0.25) is 0 Å². The van der Waals surface area contributed by atoms with Gasteiger partial charge < -0.3 is 20.6 Å². The molecule has 0 bridgehead atoms. The minimum absolute atomic E-state index is 0.0145. The second-order valence-electron chi connectivity index (χ2n) is 8.67. The molecule has 1 fully saturated rings. The van der Waals surface area contributed by atoms with Crippen molar-refractivity contribution >= 4 is 17.7 Å². The molecule has 0 radical (unpaired) electrons. The van der Waals surface area contributed by atoms with Crippen molar-refractivity contribution in [2.24, 2.45) is 29.6 Å². The topological polar surface area (TPSA) is 98.7 Å². The van der Waals surface area contributed by atoms with Gasteiger partial charge >= 0.3 is 0 Å². The Kier molecular flexibility index (Phi) is 8.25. The summed E-state index contributed by atoms with van der Waals surface area (Å²) in [6, 6.07) is -1.17. The molecule has 3 amide bonds. The maximum atomic E-state index is 13.5. The number of rotatable bonds is 9. The first-order chi connectivity index (χ1) is 13.8. The fraction of sp³-hybridized carbons (Fsp3) is 0.773. The second kappa shape index (κ2) is 10.2. The van der Waals surface area contributed by atoms with E-state index in [0.717, 1.165) is 19.3 Å². The summed E-state index contributed by atoms with van der Waals surface area (Å²) in [5.41, 5.74) is 0. The van der Waals surface area contributed by atoms with Crippen LogP contribution in [0.1, 0.15) is 47.0 Å². The van der Waals surface area contributed by atoms with Gasteiger partial charge in [0.15, 0.2) is 0 Å². The van der Waals surface area contributed by atoms with Gasteiger partial charge in [0.1, 0.15) is 6.04 Å². The number of nitrogens with one attached hydrogen (secondary N) is 2. The van der Waals surface area contributed by atoms with E-state index in [1.54, 1.807) is 11.9 Å². The predicted octanol–water partition coefficient (Wildman–Crippen LogP) is 1.32. The number of hydrogen-bond donors (Lipinski definition) is 3. The summed E-state index contributed by atoms with van der Waals surface area (Å²) >= 11 is 0. The zero-order chi connectivity index (χ0) is 21.7. The number of nitrogens with zero attached hydrogens (tertiary/aromatic N) is 1. The molecule has 29 heavy (non-hydrogen) atoms. The van der Waals surface area contributed by atoms with Crippen LogP contribution in [0.25, 0.3) is 0 Å². The van der Waals surface area contributed by atoms with Crippen LogP contribution in [0.4, 0.5) is 0 Å². The first-order valence-electron chi connectivity index (χ1n) is 10.9. The van der Waals surface area contributed by atoms with Crippen LogP contribution < -0.4 is 10.6 Å². The number of amides is 3. The molecule has 1 saturated heterocycles. The molecule has 1 heterocycles. The number of aliphatic hydroxyl groups excluding tert-OH is 1. The van der Waals surface area contributed by atoms with Gasteiger partial charge in [-0.25, -0.2) is 0 Å². The van der Waals surface area contributed by atoms with Crippen molar-refractivity contribution in [3.05, 3.63) is 12.2 Å². The summed E-state index contributed by atoms with van der Waals surface area (Å²) in [4.78, 5) is 40.9. The van der Waals surface area contributed by atoms with Crippen LogP contribution in [-0.2, 0) is 14.4 Å². The Balaban J connectivity index is 2.40. The van der Waals surface area contributed by atoms with Crippen molar-refractivity contribution in [3.63, 3.8) is 0 Å². The van der Waals surface area contributed by atoms with Crippen molar-refractivity contribution in [1.29, 1.82) is 0 Å². The molecule has 3 N–H and O–H groups in total. The predicted molar refractivity (Wildman–Crippen MR) is 112 cm³/mol. The molecule has 2 rings (SSSR count). The SMILES string of the molecule is CCCCCNC(=O)[C@@H]1[C@H]2C=C[C@@H](C)[C@@H](C(=O)NC)[C@H]2C(=O)N1[C@@H](CO)C(C)C. The lowest BCUT2D eigenvalue weighted by atomic mass is 9.70. The number of allylic oxidation sites excluding steroid dienone is 1. The average molecular weight is 408 g/mol. The number of aliphatic hydroxyl groups is 1. The molecule has 0 saturated carbocycles. The zero-order valence-electron chi connectivity index (χ0n) is 18.4. The van der Waals surface area contributed by atoms with Crippen molar-refractivity contribution in [2.75, 3.05) is 20.2 Å². The van der Waals surface area contributed by atoms with Crippen LogP contribution in [0.3, 0.4) is 0 Å². The molecule has 6 atom stereocenters. The normalized spacial score (nSPS) is 29.7. The van der Waals surface area contributed by atoms with E-state index < -0.39 is 23.9 Å². The highest BCUT2D eigenvalue weighted by Gasteiger charge is 2.58. The van der Waals surface area contributed by atoms with Gasteiger partial charge in [-0.2, -0.15) is 0 Å². The smallest absolute Gasteiger partial charge is 0.243 e. The molecule has 1 aliphatic carbocycles. The largest absolute Gasteiger partial charge is 0.394 e. The molecular formula is C22H37N3O4. The van der Waals surface area contributed by atoms with Crippen molar-refractivity contribution < 1.29 is 19.5 Å². The monoisotopic (exact) mass is 407 g/mol. The van der Waals surface area contributed by atoms with Gasteiger partial charge in [-0.1, -0.05) is 52.7 Å². The highest BCUT2D eigenvalue weighted by Crippen LogP contribution is 2.45. The zero-order valence-corrected chi connectivity index (χ0v) is 18.4. The summed E-state index contributed by atoms with van der Waals surface area (Å²) in [6.07, 6.45) is 6.85. The molecule has 1 aliphatic heterocycles. The molecule has 7 nitrogen and oxygen atoms in total. The number of likely N-dealkylation sites (tertiary alicyclic amines) is 1. The minimum Gasteiger partial charge on any atom is -0.394 e. The molecule has 7 heteroatoms. The lowest BCUT2D eigenvalue weighted by Crippen LogP contribution is -2.54. The first kappa shape index (κ1) is 23.4. The number of carbonyl (C=O) groups excluding carboxylic acids is 3. The third-order valence-corrected chi connectivity index (χ3v) is 6.42. The maximum absolute atomic E-state index is 13.5. The molecule has 0 aromatic carbocycles. The van der Waals surface area contributed by atoms with E-state index in [-0.39, 0.29) is 42.1 Å². The van der Waals surface area contributed by atoms with E-state index in [4.69, 9.17) is 0 Å². The van der Waals surface area contributed by atoms with Gasteiger partial charge in [0, 0.05) is 19.5 Å². The van der Waals surface area contributed by atoms with Crippen LogP contribution in [0.15, 0.2) is 12.2 Å². The van der Waals surface area contributed by atoms with E-state index in [2.05, 4.69) is 17.6 Å². The van der Waals surface area contributed by atoms with E-state index in [1.807, 2.05) is 32.9 Å². The fourth-order valence-electron chi connectivity index (χ4n) is 4.77. The van der Waals surface area contributed by atoms with E-state index in [9.17, 15) is 19.5 Å². The lowest BCUT2D eigenvalue weighted by Gasteiger charge is -2.35. The Labute approximate surface area is 174 Å². The highest BCUT2D eigenvalue weighted by atomic mass is 16.3. The fourth-order valence-corrected chi connectivity index (χ4v) is 4.77. The maximum Gasteiger partial charge on any atom is 0.243 e. The van der Waals surface area contributed by atoms with Gasteiger partial charge in [-0.3, -0.25) is 14.4 Å². The van der Waals surface area contributed by atoms with Gasteiger partial charge in [0.25, 0.3) is 0 Å². The number of fused-ring (bicyclic) bond motifs is 1. The Morgan fingerprint density at radius 3 is 2.45 bits per heavy atom. The van der Waals surface area contributed by atoms with Crippen LogP contribution in [-0.4, -0.2) is 60.0 Å². The molecule has 0 aromatic heterocycles. The third kappa shape index (κ3) is 4.65. The van der Waals surface area contributed by atoms with Crippen LogP contribution in [0, 0.1) is 29.6 Å². The number of carbonyl (C=O) groups is 3. The Morgan fingerprint density at radius 1 is 1.21 bits per heavy atom. The van der Waals surface area contributed by atoms with Gasteiger partial charge in [0.2, 0.25) is 17.7 Å². The summed E-state index contributed by atoms with van der Waals surface area (Å²) in [5, 5.41) is 15.7. The summed E-state index contributed by atoms with van der Waals surface area (Å²) < 4.78 is 0. The summed E-state index contributed by atoms with van der Waals surface area (Å²) in [7, 11) is 1.57. The molecule has 2 aliphatic rings.